The average Bonchev–Trinajstić information content (AvgIpc) is 2.78. The lowest BCUT2D eigenvalue weighted by Gasteiger charge is -2.46. The van der Waals surface area contributed by atoms with Crippen molar-refractivity contribution >= 4 is 23.5 Å². The van der Waals surface area contributed by atoms with Crippen LogP contribution in [0.5, 0.6) is 0 Å². The van der Waals surface area contributed by atoms with Crippen molar-refractivity contribution in [3.05, 3.63) is 46.2 Å². The van der Waals surface area contributed by atoms with Gasteiger partial charge in [0.2, 0.25) is 11.8 Å². The van der Waals surface area contributed by atoms with E-state index >= 15 is 0 Å². The standard InChI is InChI=1S/C20H21N5O4/c1-22-11-20(17(27)23(2)19(29)24(3)18(20)28)10-13-15(22)14(21-25(4)16(13)26)12-8-6-5-7-9-12/h5-9H,10-11H2,1-4H3/i1D3,10D,11D2. The summed E-state index contributed by atoms with van der Waals surface area (Å²) < 4.78 is 52.0. The van der Waals surface area contributed by atoms with Crippen molar-refractivity contribution in [1.29, 1.82) is 0 Å². The average molecular weight is 401 g/mol. The van der Waals surface area contributed by atoms with E-state index in [1.807, 2.05) is 0 Å². The molecule has 0 saturated carbocycles. The third-order valence-corrected chi connectivity index (χ3v) is 5.03. The zero-order chi connectivity index (χ0) is 26.2. The Labute approximate surface area is 175 Å². The topological polar surface area (TPSA) is 95.8 Å². The molecular weight excluding hydrogens is 374 g/mol. The summed E-state index contributed by atoms with van der Waals surface area (Å²) in [4.78, 5) is 53.8. The number of barbiturate groups is 1. The van der Waals surface area contributed by atoms with Crippen molar-refractivity contribution < 1.29 is 22.6 Å². The monoisotopic (exact) mass is 401 g/mol. The van der Waals surface area contributed by atoms with Crippen molar-refractivity contribution in [1.82, 2.24) is 19.6 Å². The van der Waals surface area contributed by atoms with E-state index in [1.54, 1.807) is 30.3 Å². The van der Waals surface area contributed by atoms with Gasteiger partial charge >= 0.3 is 6.03 Å². The van der Waals surface area contributed by atoms with E-state index in [1.165, 1.54) is 7.05 Å². The number of urea groups is 1. The highest BCUT2D eigenvalue weighted by Crippen LogP contribution is 2.42. The molecule has 4 rings (SSSR count). The van der Waals surface area contributed by atoms with Crippen LogP contribution in [0.25, 0.3) is 11.3 Å². The lowest BCUT2D eigenvalue weighted by molar-refractivity contribution is -0.156. The van der Waals surface area contributed by atoms with Crippen LogP contribution in [0.15, 0.2) is 35.1 Å². The van der Waals surface area contributed by atoms with Crippen LogP contribution in [-0.2, 0) is 23.0 Å². The van der Waals surface area contributed by atoms with Crippen molar-refractivity contribution in [3.8, 4) is 11.3 Å². The van der Waals surface area contributed by atoms with E-state index in [4.69, 9.17) is 8.22 Å². The van der Waals surface area contributed by atoms with Crippen molar-refractivity contribution in [2.75, 3.05) is 32.5 Å². The van der Waals surface area contributed by atoms with Crippen LogP contribution in [0.2, 0.25) is 0 Å². The second-order valence-corrected chi connectivity index (χ2v) is 6.82. The highest BCUT2D eigenvalue weighted by molar-refractivity contribution is 6.19. The number of anilines is 1. The summed E-state index contributed by atoms with van der Waals surface area (Å²) in [7, 11) is 3.24. The van der Waals surface area contributed by atoms with Crippen LogP contribution in [0.3, 0.4) is 0 Å². The zero-order valence-corrected chi connectivity index (χ0v) is 15.8. The maximum Gasteiger partial charge on any atom is 0.332 e. The third-order valence-electron chi connectivity index (χ3n) is 5.03. The fourth-order valence-electron chi connectivity index (χ4n) is 3.51. The Morgan fingerprint density at radius 1 is 1.03 bits per heavy atom. The van der Waals surface area contributed by atoms with Crippen LogP contribution in [-0.4, -0.2) is 65.0 Å². The van der Waals surface area contributed by atoms with Gasteiger partial charge in [-0.25, -0.2) is 9.48 Å². The van der Waals surface area contributed by atoms with E-state index in [0.29, 0.717) is 15.4 Å². The number of amides is 4. The second kappa shape index (κ2) is 6.26. The number of aromatic nitrogens is 2. The van der Waals surface area contributed by atoms with E-state index < -0.39 is 59.9 Å². The third kappa shape index (κ3) is 2.50. The lowest BCUT2D eigenvalue weighted by atomic mass is 9.74. The first-order valence-corrected chi connectivity index (χ1v) is 8.61. The molecule has 1 atom stereocenters. The summed E-state index contributed by atoms with van der Waals surface area (Å²) in [5.74, 6) is -2.84. The summed E-state index contributed by atoms with van der Waals surface area (Å²) in [6.07, 6.45) is -2.20. The number of carbonyl (C=O) groups is 3. The smallest absolute Gasteiger partial charge is 0.332 e. The number of carbonyl (C=O) groups excluding carboxylic acids is 3. The molecule has 150 valence electrons. The second-order valence-electron chi connectivity index (χ2n) is 6.82. The summed E-state index contributed by atoms with van der Waals surface area (Å²) in [6, 6.07) is 6.96. The largest absolute Gasteiger partial charge is 0.371 e. The molecule has 2 aromatic rings. The molecule has 1 spiro atoms. The van der Waals surface area contributed by atoms with Crippen LogP contribution in [0.4, 0.5) is 10.5 Å². The Kier molecular flexibility index (Phi) is 2.78. The summed E-state index contributed by atoms with van der Waals surface area (Å²) in [5.41, 5.74) is -4.97. The van der Waals surface area contributed by atoms with Gasteiger partial charge in [-0.2, -0.15) is 5.10 Å². The maximum absolute atomic E-state index is 13.5. The van der Waals surface area contributed by atoms with E-state index in [9.17, 15) is 19.2 Å². The molecule has 1 aromatic carbocycles. The minimum absolute atomic E-state index is 0.122. The normalized spacial score (nSPS) is 26.2. The van der Waals surface area contributed by atoms with Gasteiger partial charge in [-0.15, -0.1) is 0 Å². The summed E-state index contributed by atoms with van der Waals surface area (Å²) in [6.45, 7) is -6.71. The molecule has 1 saturated heterocycles. The Morgan fingerprint density at radius 2 is 1.66 bits per heavy atom. The molecule has 2 aliphatic heterocycles. The van der Waals surface area contributed by atoms with Gasteiger partial charge in [0.15, 0.2) is 5.41 Å². The van der Waals surface area contributed by atoms with Gasteiger partial charge in [0.25, 0.3) is 5.56 Å². The number of hydrogen-bond donors (Lipinski definition) is 0. The number of imide groups is 2. The highest BCUT2D eigenvalue weighted by atomic mass is 16.2. The van der Waals surface area contributed by atoms with Gasteiger partial charge in [0.1, 0.15) is 5.69 Å². The molecule has 1 aromatic heterocycles. The van der Waals surface area contributed by atoms with Crippen LogP contribution >= 0.6 is 0 Å². The van der Waals surface area contributed by atoms with Crippen LogP contribution < -0.4 is 10.5 Å². The molecule has 29 heavy (non-hydrogen) atoms. The fourth-order valence-corrected chi connectivity index (χ4v) is 3.51. The Balaban J connectivity index is 2.22. The number of hydrogen-bond acceptors (Lipinski definition) is 6. The van der Waals surface area contributed by atoms with Gasteiger partial charge in [0.05, 0.1) is 8.43 Å². The quantitative estimate of drug-likeness (QED) is 0.645. The predicted molar refractivity (Wildman–Crippen MR) is 105 cm³/mol. The molecule has 2 aliphatic rings. The van der Waals surface area contributed by atoms with Crippen molar-refractivity contribution in [2.24, 2.45) is 12.5 Å². The lowest BCUT2D eigenvalue weighted by Crippen LogP contribution is -2.68. The molecular formula is C20H21N5O4. The van der Waals surface area contributed by atoms with Crippen molar-refractivity contribution in [2.45, 2.75) is 6.40 Å². The molecule has 3 heterocycles. The molecule has 0 radical (unpaired) electrons. The summed E-state index contributed by atoms with van der Waals surface area (Å²) in [5, 5.41) is 4.15. The van der Waals surface area contributed by atoms with Crippen LogP contribution in [0, 0.1) is 5.41 Å². The molecule has 4 amide bonds. The molecule has 1 unspecified atom stereocenters. The Morgan fingerprint density at radius 3 is 2.24 bits per heavy atom. The molecule has 9 heteroatoms. The molecule has 1 fully saturated rings. The fraction of sp³-hybridized carbons (Fsp3) is 0.350. The number of benzene rings is 1. The number of nitrogens with zero attached hydrogens (tertiary/aromatic N) is 5. The minimum Gasteiger partial charge on any atom is -0.371 e. The molecule has 0 aliphatic carbocycles. The molecule has 0 bridgehead atoms. The van der Waals surface area contributed by atoms with E-state index in [0.717, 1.165) is 18.8 Å². The van der Waals surface area contributed by atoms with Gasteiger partial charge in [-0.3, -0.25) is 24.2 Å². The first kappa shape index (κ1) is 12.9. The van der Waals surface area contributed by atoms with Crippen LogP contribution in [0.1, 0.15) is 13.8 Å². The summed E-state index contributed by atoms with van der Waals surface area (Å²) >= 11 is 0. The van der Waals surface area contributed by atoms with Crippen molar-refractivity contribution in [3.63, 3.8) is 0 Å². The van der Waals surface area contributed by atoms with E-state index in [2.05, 4.69) is 5.10 Å². The predicted octanol–water partition coefficient (Wildman–Crippen LogP) is 0.476. The number of aryl methyl sites for hydroxylation is 1. The minimum atomic E-state index is -3.38. The first-order chi connectivity index (χ1) is 16.1. The van der Waals surface area contributed by atoms with Gasteiger partial charge < -0.3 is 4.90 Å². The van der Waals surface area contributed by atoms with Gasteiger partial charge in [-0.05, 0) is 0 Å². The Bertz CT molecular complexity index is 1300. The maximum atomic E-state index is 13.5. The first-order valence-electron chi connectivity index (χ1n) is 11.7. The van der Waals surface area contributed by atoms with Gasteiger partial charge in [-0.1, -0.05) is 30.3 Å². The zero-order valence-electron chi connectivity index (χ0n) is 21.8. The molecule has 9 nitrogen and oxygen atoms in total. The van der Waals surface area contributed by atoms with E-state index in [-0.39, 0.29) is 10.6 Å². The highest BCUT2D eigenvalue weighted by Gasteiger charge is 2.58. The van der Waals surface area contributed by atoms with Gasteiger partial charge in [0, 0.05) is 57.6 Å². The molecule has 0 N–H and O–H groups in total. The number of fused-ring (bicyclic) bond motifs is 1. The Hall–Kier alpha value is -3.49. The number of rotatable bonds is 1. The SMILES string of the molecule is [2H]C1c2c(c(-c3ccccc3)nn(C)c2=O)N(C([2H])([2H])[2H])C([2H])([2H])C12C(=O)N(C)C(=O)N(C)C2=O.